The second kappa shape index (κ2) is 6.37. The predicted octanol–water partition coefficient (Wildman–Crippen LogP) is 2.42. The molecule has 1 N–H and O–H groups in total. The Balaban J connectivity index is 2.50. The van der Waals surface area contributed by atoms with E-state index in [0.717, 1.165) is 28.9 Å². The van der Waals surface area contributed by atoms with Gasteiger partial charge in [0.25, 0.3) is 0 Å². The summed E-state index contributed by atoms with van der Waals surface area (Å²) >= 11 is 3.56. The second-order valence-corrected chi connectivity index (χ2v) is 5.00. The number of aryl methyl sites for hydroxylation is 2. The third-order valence-electron chi connectivity index (χ3n) is 2.26. The van der Waals surface area contributed by atoms with E-state index in [0.29, 0.717) is 12.5 Å². The maximum absolute atomic E-state index is 5.34. The second-order valence-electron chi connectivity index (χ2n) is 4.21. The lowest BCUT2D eigenvalue weighted by Gasteiger charge is -2.08. The van der Waals surface area contributed by atoms with Gasteiger partial charge >= 0.3 is 0 Å². The number of rotatable bonds is 6. The molecule has 16 heavy (non-hydrogen) atoms. The zero-order chi connectivity index (χ0) is 12.1. The smallest absolute Gasteiger partial charge is 0.0767 e. The van der Waals surface area contributed by atoms with Gasteiger partial charge in [-0.05, 0) is 28.3 Å². The zero-order valence-electron chi connectivity index (χ0n) is 10.4. The zero-order valence-corrected chi connectivity index (χ0v) is 12.0. The molecule has 1 aromatic heterocycles. The number of aromatic nitrogens is 2. The first-order chi connectivity index (χ1) is 7.56. The normalized spacial score (nSPS) is 11.4. The molecule has 0 unspecified atom stereocenters. The minimum atomic E-state index is 0.536. The van der Waals surface area contributed by atoms with Crippen LogP contribution in [0.1, 0.15) is 32.2 Å². The van der Waals surface area contributed by atoms with Crippen LogP contribution in [0, 0.1) is 5.92 Å². The molecule has 4 nitrogen and oxygen atoms in total. The van der Waals surface area contributed by atoms with Gasteiger partial charge in [-0.1, -0.05) is 20.8 Å². The standard InChI is InChI=1S/C11H20BrN3O/c1-5-9-11(12)10(15(4)14-9)6-13-16-7-8(2)3/h8,13H,5-7H2,1-4H3. The average molecular weight is 290 g/mol. The molecule has 0 saturated heterocycles. The molecule has 0 fully saturated rings. The highest BCUT2D eigenvalue weighted by Gasteiger charge is 2.11. The Morgan fingerprint density at radius 3 is 2.69 bits per heavy atom. The van der Waals surface area contributed by atoms with E-state index in [9.17, 15) is 0 Å². The van der Waals surface area contributed by atoms with Gasteiger partial charge in [0.15, 0.2) is 0 Å². The highest BCUT2D eigenvalue weighted by Crippen LogP contribution is 2.21. The summed E-state index contributed by atoms with van der Waals surface area (Å²) in [7, 11) is 1.95. The van der Waals surface area contributed by atoms with E-state index in [1.165, 1.54) is 0 Å². The molecule has 0 aliphatic carbocycles. The third-order valence-corrected chi connectivity index (χ3v) is 3.18. The fourth-order valence-corrected chi connectivity index (χ4v) is 2.11. The van der Waals surface area contributed by atoms with Gasteiger partial charge in [0.2, 0.25) is 0 Å². The van der Waals surface area contributed by atoms with Crippen LogP contribution in [0.15, 0.2) is 4.47 Å². The van der Waals surface area contributed by atoms with Gasteiger partial charge in [0.1, 0.15) is 0 Å². The highest BCUT2D eigenvalue weighted by molar-refractivity contribution is 9.10. The van der Waals surface area contributed by atoms with Crippen LogP contribution in [0.3, 0.4) is 0 Å². The number of halogens is 1. The van der Waals surface area contributed by atoms with Gasteiger partial charge in [-0.15, -0.1) is 0 Å². The summed E-state index contributed by atoms with van der Waals surface area (Å²) in [6, 6.07) is 0. The van der Waals surface area contributed by atoms with Crippen LogP contribution in [0.25, 0.3) is 0 Å². The van der Waals surface area contributed by atoms with E-state index in [1.54, 1.807) is 0 Å². The van der Waals surface area contributed by atoms with Crippen LogP contribution in [0.4, 0.5) is 0 Å². The molecular weight excluding hydrogens is 270 g/mol. The molecule has 0 bridgehead atoms. The number of hydrogen-bond acceptors (Lipinski definition) is 3. The minimum Gasteiger partial charge on any atom is -0.301 e. The molecule has 0 amide bonds. The lowest BCUT2D eigenvalue weighted by atomic mass is 10.2. The molecule has 1 heterocycles. The summed E-state index contributed by atoms with van der Waals surface area (Å²) in [5.41, 5.74) is 5.16. The average Bonchev–Trinajstić information content (AvgIpc) is 2.50. The number of hydrogen-bond donors (Lipinski definition) is 1. The molecule has 1 rings (SSSR count). The van der Waals surface area contributed by atoms with E-state index in [4.69, 9.17) is 4.84 Å². The molecular formula is C11H20BrN3O. The Morgan fingerprint density at radius 1 is 1.50 bits per heavy atom. The summed E-state index contributed by atoms with van der Waals surface area (Å²) in [6.07, 6.45) is 0.932. The van der Waals surface area contributed by atoms with Gasteiger partial charge in [0.05, 0.1) is 29.0 Å². The quantitative estimate of drug-likeness (QED) is 0.646. The third kappa shape index (κ3) is 3.57. The molecule has 0 aromatic carbocycles. The van der Waals surface area contributed by atoms with E-state index in [2.05, 4.69) is 47.3 Å². The van der Waals surface area contributed by atoms with Crippen LogP contribution in [-0.4, -0.2) is 16.4 Å². The topological polar surface area (TPSA) is 39.1 Å². The van der Waals surface area contributed by atoms with Gasteiger partial charge in [-0.2, -0.15) is 10.6 Å². The van der Waals surface area contributed by atoms with E-state index in [1.807, 2.05) is 11.7 Å². The molecule has 0 aliphatic rings. The lowest BCUT2D eigenvalue weighted by molar-refractivity contribution is 0.0184. The highest BCUT2D eigenvalue weighted by atomic mass is 79.9. The first-order valence-electron chi connectivity index (χ1n) is 5.61. The summed E-state index contributed by atoms with van der Waals surface area (Å²) in [5, 5.41) is 4.42. The lowest BCUT2D eigenvalue weighted by Crippen LogP contribution is -2.19. The Bertz CT molecular complexity index is 336. The van der Waals surface area contributed by atoms with E-state index in [-0.39, 0.29) is 0 Å². The van der Waals surface area contributed by atoms with Crippen molar-refractivity contribution in [3.8, 4) is 0 Å². The summed E-state index contributed by atoms with van der Waals surface area (Å²) in [5.74, 6) is 0.536. The maximum Gasteiger partial charge on any atom is 0.0767 e. The fraction of sp³-hybridized carbons (Fsp3) is 0.727. The molecule has 1 aromatic rings. The van der Waals surface area contributed by atoms with Crippen LogP contribution in [-0.2, 0) is 24.9 Å². The SMILES string of the molecule is CCc1nn(C)c(CNOCC(C)C)c1Br. The summed E-state index contributed by atoms with van der Waals surface area (Å²) in [4.78, 5) is 5.34. The molecule has 0 aliphatic heterocycles. The Kier molecular flexibility index (Phi) is 5.44. The minimum absolute atomic E-state index is 0.536. The van der Waals surface area contributed by atoms with Crippen molar-refractivity contribution in [2.24, 2.45) is 13.0 Å². The van der Waals surface area contributed by atoms with Crippen molar-refractivity contribution in [3.63, 3.8) is 0 Å². The van der Waals surface area contributed by atoms with Crippen LogP contribution in [0.2, 0.25) is 0 Å². The van der Waals surface area contributed by atoms with Crippen LogP contribution >= 0.6 is 15.9 Å². The molecule has 0 atom stereocenters. The van der Waals surface area contributed by atoms with Crippen molar-refractivity contribution in [1.29, 1.82) is 0 Å². The van der Waals surface area contributed by atoms with Crippen LogP contribution in [0.5, 0.6) is 0 Å². The number of hydroxylamine groups is 1. The van der Waals surface area contributed by atoms with Crippen molar-refractivity contribution in [1.82, 2.24) is 15.3 Å². The number of nitrogens with zero attached hydrogens (tertiary/aromatic N) is 2. The predicted molar refractivity (Wildman–Crippen MR) is 67.9 cm³/mol. The van der Waals surface area contributed by atoms with Gasteiger partial charge in [-0.3, -0.25) is 4.68 Å². The van der Waals surface area contributed by atoms with Crippen LogP contribution < -0.4 is 5.48 Å². The van der Waals surface area contributed by atoms with Crippen molar-refractivity contribution in [3.05, 3.63) is 15.9 Å². The van der Waals surface area contributed by atoms with Crippen molar-refractivity contribution in [2.75, 3.05) is 6.61 Å². The van der Waals surface area contributed by atoms with Crippen molar-refractivity contribution < 1.29 is 4.84 Å². The van der Waals surface area contributed by atoms with E-state index >= 15 is 0 Å². The Hall–Kier alpha value is -0.390. The largest absolute Gasteiger partial charge is 0.301 e. The number of nitrogens with one attached hydrogen (secondary N) is 1. The molecule has 0 radical (unpaired) electrons. The maximum atomic E-state index is 5.34. The first kappa shape index (κ1) is 13.7. The monoisotopic (exact) mass is 289 g/mol. The Morgan fingerprint density at radius 2 is 2.19 bits per heavy atom. The molecule has 0 spiro atoms. The van der Waals surface area contributed by atoms with Crippen molar-refractivity contribution >= 4 is 15.9 Å². The van der Waals surface area contributed by atoms with Crippen molar-refractivity contribution in [2.45, 2.75) is 33.7 Å². The van der Waals surface area contributed by atoms with Gasteiger partial charge in [-0.25, -0.2) is 0 Å². The molecule has 5 heteroatoms. The van der Waals surface area contributed by atoms with Gasteiger partial charge < -0.3 is 4.84 Å². The Labute approximate surface area is 105 Å². The molecule has 92 valence electrons. The van der Waals surface area contributed by atoms with E-state index < -0.39 is 0 Å². The summed E-state index contributed by atoms with van der Waals surface area (Å²) < 4.78 is 2.97. The molecule has 0 saturated carbocycles. The summed E-state index contributed by atoms with van der Waals surface area (Å²) in [6.45, 7) is 7.72. The first-order valence-corrected chi connectivity index (χ1v) is 6.40. The fourth-order valence-electron chi connectivity index (χ4n) is 1.36. The van der Waals surface area contributed by atoms with Gasteiger partial charge in [0, 0.05) is 7.05 Å².